The van der Waals surface area contributed by atoms with Crippen molar-refractivity contribution >= 4 is 10.0 Å². The van der Waals surface area contributed by atoms with Gasteiger partial charge in [-0.25, -0.2) is 17.5 Å². The maximum Gasteiger partial charge on any atom is 0.240 e. The zero-order valence-electron chi connectivity index (χ0n) is 11.8. The Hall–Kier alpha value is -1.77. The van der Waals surface area contributed by atoms with Crippen molar-refractivity contribution in [2.75, 3.05) is 0 Å². The van der Waals surface area contributed by atoms with Crippen LogP contribution in [0.15, 0.2) is 23.2 Å². The molecule has 0 unspecified atom stereocenters. The van der Waals surface area contributed by atoms with E-state index in [-0.39, 0.29) is 29.1 Å². The van der Waals surface area contributed by atoms with E-state index in [1.54, 1.807) is 13.1 Å². The summed E-state index contributed by atoms with van der Waals surface area (Å²) in [7, 11) is -3.74. The first-order valence-corrected chi connectivity index (χ1v) is 7.81. The molecular formula is C13H17FN4O2S. The number of benzene rings is 1. The molecule has 0 spiro atoms. The number of nitrogens with one attached hydrogen (secondary N) is 2. The van der Waals surface area contributed by atoms with Gasteiger partial charge in [-0.15, -0.1) is 0 Å². The molecule has 21 heavy (non-hydrogen) atoms. The summed E-state index contributed by atoms with van der Waals surface area (Å²) in [6.45, 7) is 3.36. The van der Waals surface area contributed by atoms with Crippen LogP contribution in [0.4, 0.5) is 4.39 Å². The first-order valence-electron chi connectivity index (χ1n) is 6.32. The lowest BCUT2D eigenvalue weighted by Crippen LogP contribution is -2.24. The SMILES string of the molecule is Cc1cc(S(=O)(=O)NCc2cn[nH]c2C)cc(CN)c1F. The molecule has 1 heterocycles. The van der Waals surface area contributed by atoms with Crippen molar-refractivity contribution in [3.8, 4) is 0 Å². The van der Waals surface area contributed by atoms with Gasteiger partial charge >= 0.3 is 0 Å². The monoisotopic (exact) mass is 312 g/mol. The number of halogens is 1. The molecule has 6 nitrogen and oxygen atoms in total. The van der Waals surface area contributed by atoms with Crippen molar-refractivity contribution in [3.05, 3.63) is 46.5 Å². The third-order valence-corrected chi connectivity index (χ3v) is 4.60. The lowest BCUT2D eigenvalue weighted by Gasteiger charge is -2.10. The van der Waals surface area contributed by atoms with Crippen LogP contribution in [0.25, 0.3) is 0 Å². The number of nitrogens with zero attached hydrogens (tertiary/aromatic N) is 1. The van der Waals surface area contributed by atoms with Gasteiger partial charge in [0.25, 0.3) is 0 Å². The fourth-order valence-electron chi connectivity index (χ4n) is 1.92. The van der Waals surface area contributed by atoms with Crippen LogP contribution in [0, 0.1) is 19.7 Å². The molecule has 0 fully saturated rings. The third kappa shape index (κ3) is 3.29. The molecule has 0 bridgehead atoms. The molecule has 114 valence electrons. The van der Waals surface area contributed by atoms with Crippen LogP contribution in [0.5, 0.6) is 0 Å². The summed E-state index contributed by atoms with van der Waals surface area (Å²) in [6.07, 6.45) is 1.55. The highest BCUT2D eigenvalue weighted by molar-refractivity contribution is 7.89. The largest absolute Gasteiger partial charge is 0.326 e. The zero-order chi connectivity index (χ0) is 15.6. The zero-order valence-corrected chi connectivity index (χ0v) is 12.6. The standard InChI is InChI=1S/C13H17FN4O2S/c1-8-3-12(4-10(5-15)13(8)14)21(19,20)17-7-11-6-16-18-9(11)2/h3-4,6,17H,5,7,15H2,1-2H3,(H,16,18). The fraction of sp³-hybridized carbons (Fsp3) is 0.308. The predicted octanol–water partition coefficient (Wildman–Crippen LogP) is 1.10. The van der Waals surface area contributed by atoms with E-state index in [1.165, 1.54) is 19.1 Å². The van der Waals surface area contributed by atoms with E-state index in [2.05, 4.69) is 14.9 Å². The van der Waals surface area contributed by atoms with Gasteiger partial charge < -0.3 is 5.73 Å². The molecule has 0 saturated carbocycles. The Balaban J connectivity index is 2.27. The second kappa shape index (κ2) is 5.92. The smallest absolute Gasteiger partial charge is 0.240 e. The number of aromatic nitrogens is 2. The van der Waals surface area contributed by atoms with Crippen molar-refractivity contribution in [2.45, 2.75) is 31.8 Å². The molecule has 0 saturated heterocycles. The highest BCUT2D eigenvalue weighted by atomic mass is 32.2. The van der Waals surface area contributed by atoms with Crippen molar-refractivity contribution in [1.29, 1.82) is 0 Å². The van der Waals surface area contributed by atoms with Crippen LogP contribution in [0.1, 0.15) is 22.4 Å². The summed E-state index contributed by atoms with van der Waals surface area (Å²) in [5.41, 5.74) is 7.39. The van der Waals surface area contributed by atoms with E-state index in [1.807, 2.05) is 0 Å². The molecule has 2 rings (SSSR count). The topological polar surface area (TPSA) is 101 Å². The van der Waals surface area contributed by atoms with Gasteiger partial charge in [0, 0.05) is 29.9 Å². The van der Waals surface area contributed by atoms with E-state index in [9.17, 15) is 12.8 Å². The van der Waals surface area contributed by atoms with Crippen LogP contribution in [-0.4, -0.2) is 18.6 Å². The number of hydrogen-bond acceptors (Lipinski definition) is 4. The van der Waals surface area contributed by atoms with Gasteiger partial charge in [0.05, 0.1) is 11.1 Å². The quantitative estimate of drug-likeness (QED) is 0.769. The summed E-state index contributed by atoms with van der Waals surface area (Å²) in [4.78, 5) is 0.00278. The van der Waals surface area contributed by atoms with Crippen LogP contribution in [-0.2, 0) is 23.1 Å². The van der Waals surface area contributed by atoms with E-state index in [4.69, 9.17) is 5.73 Å². The Morgan fingerprint density at radius 3 is 2.62 bits per heavy atom. The molecule has 0 aliphatic carbocycles. The third-order valence-electron chi connectivity index (χ3n) is 3.22. The van der Waals surface area contributed by atoms with Gasteiger partial charge in [-0.05, 0) is 31.5 Å². The van der Waals surface area contributed by atoms with Crippen LogP contribution in [0.3, 0.4) is 0 Å². The fourth-order valence-corrected chi connectivity index (χ4v) is 3.06. The van der Waals surface area contributed by atoms with Crippen molar-refractivity contribution in [3.63, 3.8) is 0 Å². The van der Waals surface area contributed by atoms with Gasteiger partial charge in [-0.1, -0.05) is 0 Å². The number of rotatable bonds is 5. The number of sulfonamides is 1. The lowest BCUT2D eigenvalue weighted by atomic mass is 10.1. The van der Waals surface area contributed by atoms with E-state index in [0.717, 1.165) is 11.3 Å². The van der Waals surface area contributed by atoms with Gasteiger partial charge in [0.2, 0.25) is 10.0 Å². The molecular weight excluding hydrogens is 295 g/mol. The summed E-state index contributed by atoms with van der Waals surface area (Å²) >= 11 is 0. The maximum absolute atomic E-state index is 13.7. The predicted molar refractivity (Wildman–Crippen MR) is 76.4 cm³/mol. The van der Waals surface area contributed by atoms with Gasteiger partial charge in [-0.3, -0.25) is 5.10 Å². The minimum Gasteiger partial charge on any atom is -0.326 e. The molecule has 2 aromatic rings. The number of nitrogens with two attached hydrogens (primary N) is 1. The Morgan fingerprint density at radius 1 is 1.33 bits per heavy atom. The van der Waals surface area contributed by atoms with Gasteiger partial charge in [0.1, 0.15) is 5.82 Å². The number of aryl methyl sites for hydroxylation is 2. The first-order chi connectivity index (χ1) is 9.85. The number of H-pyrrole nitrogens is 1. The second-order valence-corrected chi connectivity index (χ2v) is 6.53. The summed E-state index contributed by atoms with van der Waals surface area (Å²) < 4.78 is 40.7. The summed E-state index contributed by atoms with van der Waals surface area (Å²) in [5.74, 6) is -0.470. The molecule has 0 amide bonds. The molecule has 0 radical (unpaired) electrons. The number of hydrogen-bond donors (Lipinski definition) is 3. The molecule has 0 aliphatic heterocycles. The van der Waals surface area contributed by atoms with Gasteiger partial charge in [0.15, 0.2) is 0 Å². The Morgan fingerprint density at radius 2 is 2.05 bits per heavy atom. The van der Waals surface area contributed by atoms with Crippen molar-refractivity contribution in [2.24, 2.45) is 5.73 Å². The summed E-state index contributed by atoms with van der Waals surface area (Å²) in [5, 5.41) is 6.55. The van der Waals surface area contributed by atoms with E-state index in [0.29, 0.717) is 0 Å². The molecule has 8 heteroatoms. The van der Waals surface area contributed by atoms with Crippen LogP contribution < -0.4 is 10.5 Å². The van der Waals surface area contributed by atoms with E-state index < -0.39 is 15.8 Å². The highest BCUT2D eigenvalue weighted by Gasteiger charge is 2.18. The van der Waals surface area contributed by atoms with Crippen LogP contribution >= 0.6 is 0 Å². The minimum atomic E-state index is -3.74. The summed E-state index contributed by atoms with van der Waals surface area (Å²) in [6, 6.07) is 2.55. The lowest BCUT2D eigenvalue weighted by molar-refractivity contribution is 0.577. The number of aromatic amines is 1. The first kappa shape index (κ1) is 15.6. The minimum absolute atomic E-state index is 0.00278. The molecule has 4 N–H and O–H groups in total. The molecule has 0 aliphatic rings. The highest BCUT2D eigenvalue weighted by Crippen LogP contribution is 2.19. The molecule has 1 aromatic heterocycles. The van der Waals surface area contributed by atoms with Crippen LogP contribution in [0.2, 0.25) is 0 Å². The Kier molecular flexibility index (Phi) is 4.40. The van der Waals surface area contributed by atoms with Crippen molar-refractivity contribution in [1.82, 2.24) is 14.9 Å². The Bertz CT molecular complexity index is 756. The van der Waals surface area contributed by atoms with Gasteiger partial charge in [-0.2, -0.15) is 5.10 Å². The van der Waals surface area contributed by atoms with E-state index >= 15 is 0 Å². The molecule has 1 aromatic carbocycles. The maximum atomic E-state index is 13.7. The second-order valence-electron chi connectivity index (χ2n) is 4.76. The Labute approximate surface area is 122 Å². The average Bonchev–Trinajstić information content (AvgIpc) is 2.85. The molecule has 0 atom stereocenters. The van der Waals surface area contributed by atoms with Crippen molar-refractivity contribution < 1.29 is 12.8 Å². The average molecular weight is 312 g/mol. The normalized spacial score (nSPS) is 11.8.